The highest BCUT2D eigenvalue weighted by atomic mass is 15.1. The van der Waals surface area contributed by atoms with Gasteiger partial charge in [-0.2, -0.15) is 0 Å². The lowest BCUT2D eigenvalue weighted by molar-refractivity contribution is 0.660. The number of rotatable bonds is 6. The zero-order valence-corrected chi connectivity index (χ0v) is 35.5. The number of hydrogen-bond donors (Lipinski definition) is 0. The minimum absolute atomic E-state index is 0.130. The van der Waals surface area contributed by atoms with Crippen molar-refractivity contribution in [2.24, 2.45) is 0 Å². The van der Waals surface area contributed by atoms with E-state index >= 15 is 0 Å². The van der Waals surface area contributed by atoms with E-state index in [1.165, 1.54) is 94.3 Å². The van der Waals surface area contributed by atoms with Crippen LogP contribution in [0.1, 0.15) is 49.9 Å². The van der Waals surface area contributed by atoms with Crippen molar-refractivity contribution in [3.8, 4) is 50.2 Å². The molecule has 0 spiro atoms. The predicted molar refractivity (Wildman–Crippen MR) is 261 cm³/mol. The molecule has 0 atom stereocenters. The Hall–Kier alpha value is -7.42. The molecule has 0 radical (unpaired) electrons. The average Bonchev–Trinajstić information content (AvgIpc) is 3.86. The molecule has 2 aliphatic rings. The molecule has 62 heavy (non-hydrogen) atoms. The van der Waals surface area contributed by atoms with Gasteiger partial charge in [0.05, 0.1) is 16.7 Å². The van der Waals surface area contributed by atoms with Gasteiger partial charge in [0.2, 0.25) is 0 Å². The van der Waals surface area contributed by atoms with Gasteiger partial charge >= 0.3 is 0 Å². The van der Waals surface area contributed by atoms with Crippen LogP contribution in [0.4, 0.5) is 17.1 Å². The summed E-state index contributed by atoms with van der Waals surface area (Å²) in [6.07, 6.45) is 0. The summed E-state index contributed by atoms with van der Waals surface area (Å²) in [5, 5.41) is 2.51. The minimum atomic E-state index is -0.130. The van der Waals surface area contributed by atoms with Crippen LogP contribution >= 0.6 is 0 Å². The first kappa shape index (κ1) is 36.4. The lowest BCUT2D eigenvalue weighted by atomic mass is 9.79. The number of fused-ring (bicyclic) bond motifs is 9. The molecule has 10 aromatic rings. The molecular formula is C60H46N2. The molecule has 0 fully saturated rings. The number of hydrogen-bond acceptors (Lipinski definition) is 1. The van der Waals surface area contributed by atoms with Crippen LogP contribution in [0.2, 0.25) is 0 Å². The molecule has 2 heteroatoms. The van der Waals surface area contributed by atoms with E-state index < -0.39 is 0 Å². The van der Waals surface area contributed by atoms with Gasteiger partial charge < -0.3 is 9.47 Å². The Bertz CT molecular complexity index is 3420. The van der Waals surface area contributed by atoms with E-state index in [-0.39, 0.29) is 10.8 Å². The minimum Gasteiger partial charge on any atom is -0.310 e. The second-order valence-corrected chi connectivity index (χ2v) is 18.1. The number of aromatic nitrogens is 1. The molecule has 0 N–H and O–H groups in total. The standard InChI is InChI=1S/C60H46N2/c1-59(2)52-30-12-9-26-50(52)57-53(59)31-17-33-55(57)61(44-23-15-19-41(37-44)45-27-16-28-49-46-24-8-11-29-51(46)60(3,4)58(45)49)43-22-14-18-39(36-43)40-34-35-48-47-25-10-13-32-54(47)62(56(48)38-40)42-20-6-5-7-21-42/h5-38H,1-4H3. The summed E-state index contributed by atoms with van der Waals surface area (Å²) in [6.45, 7) is 9.50. The van der Waals surface area contributed by atoms with E-state index in [1.807, 2.05) is 0 Å². The summed E-state index contributed by atoms with van der Waals surface area (Å²) >= 11 is 0. The Morgan fingerprint density at radius 1 is 0.371 bits per heavy atom. The van der Waals surface area contributed by atoms with Crippen LogP contribution < -0.4 is 4.90 Å². The van der Waals surface area contributed by atoms with Crippen LogP contribution in [0.15, 0.2) is 206 Å². The number of anilines is 3. The summed E-state index contributed by atoms with van der Waals surface area (Å²) < 4.78 is 2.41. The molecule has 0 saturated carbocycles. The van der Waals surface area contributed by atoms with Crippen LogP contribution in [0, 0.1) is 0 Å². The Kier molecular flexibility index (Phi) is 7.96. The number of benzene rings is 9. The van der Waals surface area contributed by atoms with Gasteiger partial charge in [0.1, 0.15) is 0 Å². The SMILES string of the molecule is CC1(C)c2ccccc2-c2c(N(c3cccc(-c4ccc5c6ccccc6n(-c6ccccc6)c5c4)c3)c3cccc(-c4cccc5c4C(C)(C)c4ccccc4-5)c3)cccc21. The van der Waals surface area contributed by atoms with Gasteiger partial charge in [-0.3, -0.25) is 0 Å². The third kappa shape index (κ3) is 5.29. The Labute approximate surface area is 364 Å². The van der Waals surface area contributed by atoms with Gasteiger partial charge in [0, 0.05) is 44.2 Å². The van der Waals surface area contributed by atoms with Crippen LogP contribution in [0.25, 0.3) is 72.0 Å². The van der Waals surface area contributed by atoms with Crippen LogP contribution in [-0.4, -0.2) is 4.57 Å². The molecule has 1 aromatic heterocycles. The fourth-order valence-corrected chi connectivity index (χ4v) is 11.1. The second kappa shape index (κ2) is 13.5. The van der Waals surface area contributed by atoms with Gasteiger partial charge in [-0.25, -0.2) is 0 Å². The summed E-state index contributed by atoms with van der Waals surface area (Å²) in [6, 6.07) is 76.5. The molecule has 296 valence electrons. The molecule has 0 aliphatic heterocycles. The molecule has 0 amide bonds. The molecule has 0 bridgehead atoms. The van der Waals surface area contributed by atoms with Gasteiger partial charge in [-0.1, -0.05) is 179 Å². The van der Waals surface area contributed by atoms with Crippen molar-refractivity contribution in [1.29, 1.82) is 0 Å². The molecule has 2 nitrogen and oxygen atoms in total. The van der Waals surface area contributed by atoms with Crippen molar-refractivity contribution in [2.45, 2.75) is 38.5 Å². The highest BCUT2D eigenvalue weighted by Gasteiger charge is 2.39. The van der Waals surface area contributed by atoms with E-state index in [4.69, 9.17) is 0 Å². The Balaban J connectivity index is 1.06. The van der Waals surface area contributed by atoms with E-state index in [1.54, 1.807) is 0 Å². The summed E-state index contributed by atoms with van der Waals surface area (Å²) in [4.78, 5) is 2.51. The summed E-state index contributed by atoms with van der Waals surface area (Å²) in [5.41, 5.74) is 22.4. The van der Waals surface area contributed by atoms with Crippen LogP contribution in [-0.2, 0) is 10.8 Å². The fourth-order valence-electron chi connectivity index (χ4n) is 11.1. The van der Waals surface area contributed by atoms with E-state index in [0.717, 1.165) is 17.1 Å². The topological polar surface area (TPSA) is 8.17 Å². The highest BCUT2D eigenvalue weighted by Crippen LogP contribution is 2.56. The average molecular weight is 795 g/mol. The first-order valence-electron chi connectivity index (χ1n) is 21.9. The lowest BCUT2D eigenvalue weighted by Gasteiger charge is -2.30. The van der Waals surface area contributed by atoms with Crippen LogP contribution in [0.5, 0.6) is 0 Å². The number of para-hydroxylation sites is 2. The normalized spacial score (nSPS) is 14.1. The molecule has 0 unspecified atom stereocenters. The first-order valence-corrected chi connectivity index (χ1v) is 21.9. The number of nitrogens with zero attached hydrogens (tertiary/aromatic N) is 2. The van der Waals surface area contributed by atoms with Crippen molar-refractivity contribution in [1.82, 2.24) is 4.57 Å². The predicted octanol–water partition coefficient (Wildman–Crippen LogP) is 16.2. The van der Waals surface area contributed by atoms with Crippen molar-refractivity contribution >= 4 is 38.9 Å². The van der Waals surface area contributed by atoms with E-state index in [0.29, 0.717) is 0 Å². The van der Waals surface area contributed by atoms with Gasteiger partial charge in [0.25, 0.3) is 0 Å². The van der Waals surface area contributed by atoms with Gasteiger partial charge in [0.15, 0.2) is 0 Å². The maximum Gasteiger partial charge on any atom is 0.0547 e. The molecule has 9 aromatic carbocycles. The van der Waals surface area contributed by atoms with Crippen molar-refractivity contribution in [3.63, 3.8) is 0 Å². The quantitative estimate of drug-likeness (QED) is 0.163. The maximum absolute atomic E-state index is 2.51. The molecule has 0 saturated heterocycles. The lowest BCUT2D eigenvalue weighted by Crippen LogP contribution is -2.16. The zero-order chi connectivity index (χ0) is 41.7. The first-order chi connectivity index (χ1) is 30.3. The maximum atomic E-state index is 2.51. The van der Waals surface area contributed by atoms with Gasteiger partial charge in [-0.15, -0.1) is 0 Å². The van der Waals surface area contributed by atoms with Crippen molar-refractivity contribution in [2.75, 3.05) is 4.90 Å². The van der Waals surface area contributed by atoms with Crippen molar-refractivity contribution in [3.05, 3.63) is 229 Å². The zero-order valence-electron chi connectivity index (χ0n) is 35.5. The molecule has 1 heterocycles. The molecule has 12 rings (SSSR count). The third-order valence-electron chi connectivity index (χ3n) is 13.9. The van der Waals surface area contributed by atoms with E-state index in [9.17, 15) is 0 Å². The van der Waals surface area contributed by atoms with Crippen molar-refractivity contribution < 1.29 is 0 Å². The summed E-state index contributed by atoms with van der Waals surface area (Å²) in [5.74, 6) is 0. The molecular weight excluding hydrogens is 749 g/mol. The molecule has 2 aliphatic carbocycles. The smallest absolute Gasteiger partial charge is 0.0547 e. The third-order valence-corrected chi connectivity index (χ3v) is 13.9. The van der Waals surface area contributed by atoms with Gasteiger partial charge in [-0.05, 0) is 116 Å². The monoisotopic (exact) mass is 794 g/mol. The highest BCUT2D eigenvalue weighted by molar-refractivity contribution is 6.10. The Morgan fingerprint density at radius 3 is 1.74 bits per heavy atom. The largest absolute Gasteiger partial charge is 0.310 e. The summed E-state index contributed by atoms with van der Waals surface area (Å²) in [7, 11) is 0. The Morgan fingerprint density at radius 2 is 0.935 bits per heavy atom. The van der Waals surface area contributed by atoms with E-state index in [2.05, 4.69) is 243 Å². The second-order valence-electron chi connectivity index (χ2n) is 18.1. The van der Waals surface area contributed by atoms with Crippen LogP contribution in [0.3, 0.4) is 0 Å². The fraction of sp³-hybridized carbons (Fsp3) is 0.100.